The van der Waals surface area contributed by atoms with E-state index in [1.165, 1.54) is 23.4 Å². The monoisotopic (exact) mass is 550 g/mol. The number of alkyl halides is 3. The average Bonchev–Trinajstić information content (AvgIpc) is 3.11. The molecule has 9 heteroatoms. The maximum Gasteiger partial charge on any atom is 0.446 e. The summed E-state index contributed by atoms with van der Waals surface area (Å²) >= 11 is -0.102. The van der Waals surface area contributed by atoms with Crippen molar-refractivity contribution in [2.75, 3.05) is 56.0 Å². The summed E-state index contributed by atoms with van der Waals surface area (Å²) in [5.74, 6) is 0.225. The van der Waals surface area contributed by atoms with Crippen LogP contribution in [-0.4, -0.2) is 73.1 Å². The normalized spacial score (nSPS) is 17.6. The number of benzene rings is 2. The predicted molar refractivity (Wildman–Crippen MR) is 152 cm³/mol. The van der Waals surface area contributed by atoms with Gasteiger partial charge in [0.1, 0.15) is 0 Å². The summed E-state index contributed by atoms with van der Waals surface area (Å²) in [6.45, 7) is 8.67. The maximum absolute atomic E-state index is 12.8. The highest BCUT2D eigenvalue weighted by Crippen LogP contribution is 2.37. The van der Waals surface area contributed by atoms with Crippen molar-refractivity contribution in [1.29, 1.82) is 0 Å². The summed E-state index contributed by atoms with van der Waals surface area (Å²) in [6, 6.07) is 15.3. The molecule has 4 rings (SSSR count). The summed E-state index contributed by atoms with van der Waals surface area (Å²) in [5, 5.41) is 3.40. The molecule has 2 aliphatic rings. The van der Waals surface area contributed by atoms with Crippen molar-refractivity contribution >= 4 is 29.0 Å². The van der Waals surface area contributed by atoms with Crippen LogP contribution >= 0.6 is 11.8 Å². The third-order valence-corrected chi connectivity index (χ3v) is 7.90. The summed E-state index contributed by atoms with van der Waals surface area (Å²) in [4.78, 5) is 19.9. The molecule has 1 amide bonds. The average molecular weight is 551 g/mol. The third-order valence-electron chi connectivity index (χ3n) is 7.16. The number of hydrogen-bond acceptors (Lipinski definition) is 5. The largest absolute Gasteiger partial charge is 0.446 e. The summed E-state index contributed by atoms with van der Waals surface area (Å²) in [7, 11) is 0. The Morgan fingerprint density at radius 1 is 0.947 bits per heavy atom. The number of likely N-dealkylation sites (tertiary alicyclic amines) is 1. The predicted octanol–water partition coefficient (Wildman–Crippen LogP) is 6.64. The second-order valence-corrected chi connectivity index (χ2v) is 11.1. The number of thioether (sulfide) groups is 1. The maximum atomic E-state index is 12.8. The molecule has 0 bridgehead atoms. The van der Waals surface area contributed by atoms with Gasteiger partial charge in [-0.2, -0.15) is 13.2 Å². The third kappa shape index (κ3) is 9.42. The molecule has 2 fully saturated rings. The molecular weight excluding hydrogens is 509 g/mol. The van der Waals surface area contributed by atoms with Gasteiger partial charge in [0, 0.05) is 61.5 Å². The number of nitrogens with one attached hydrogen (secondary N) is 1. The Hall–Kier alpha value is -2.39. The van der Waals surface area contributed by atoms with Gasteiger partial charge in [-0.3, -0.25) is 4.79 Å². The van der Waals surface area contributed by atoms with Crippen LogP contribution in [0.4, 0.5) is 24.5 Å². The number of carbonyl (C=O) groups is 1. The standard InChI is InChI=1S/C28H37F3N4OS.CH4/c1-22-5-9-25(10-6-22)34-17-3-16-33(20-21-34)15-2-4-27(36)35-18-13-24(14-19-35)32-23-7-11-26(12-8-23)37-28(29,30)31;/h5-12,24,32H,2-4,13-21H2,1H3;1H4. The van der Waals surface area contributed by atoms with Crippen LogP contribution in [0.3, 0.4) is 0 Å². The molecule has 0 aliphatic carbocycles. The van der Waals surface area contributed by atoms with E-state index in [9.17, 15) is 18.0 Å². The van der Waals surface area contributed by atoms with Gasteiger partial charge < -0.3 is 20.0 Å². The summed E-state index contributed by atoms with van der Waals surface area (Å²) in [5.41, 5.74) is -0.889. The lowest BCUT2D eigenvalue weighted by molar-refractivity contribution is -0.132. The molecule has 0 atom stereocenters. The second kappa shape index (κ2) is 14.1. The smallest absolute Gasteiger partial charge is 0.382 e. The Morgan fingerprint density at radius 3 is 2.29 bits per heavy atom. The van der Waals surface area contributed by atoms with Crippen LogP contribution in [0.25, 0.3) is 0 Å². The van der Waals surface area contributed by atoms with Crippen molar-refractivity contribution in [3.63, 3.8) is 0 Å². The van der Waals surface area contributed by atoms with Crippen molar-refractivity contribution < 1.29 is 18.0 Å². The Balaban J connectivity index is 0.00000400. The van der Waals surface area contributed by atoms with Crippen LogP contribution in [-0.2, 0) is 4.79 Å². The highest BCUT2D eigenvalue weighted by atomic mass is 32.2. The van der Waals surface area contributed by atoms with E-state index < -0.39 is 5.51 Å². The number of aryl methyl sites for hydroxylation is 1. The lowest BCUT2D eigenvalue weighted by Gasteiger charge is -2.33. The first kappa shape index (κ1) is 30.2. The van der Waals surface area contributed by atoms with Gasteiger partial charge in [0.25, 0.3) is 0 Å². The van der Waals surface area contributed by atoms with Gasteiger partial charge in [-0.05, 0) is 93.9 Å². The van der Waals surface area contributed by atoms with E-state index in [1.54, 1.807) is 12.1 Å². The zero-order valence-electron chi connectivity index (χ0n) is 21.5. The van der Waals surface area contributed by atoms with E-state index >= 15 is 0 Å². The Kier molecular flexibility index (Phi) is 11.2. The van der Waals surface area contributed by atoms with E-state index in [1.807, 2.05) is 4.90 Å². The van der Waals surface area contributed by atoms with Crippen molar-refractivity contribution in [1.82, 2.24) is 9.80 Å². The minimum atomic E-state index is -4.27. The van der Waals surface area contributed by atoms with Gasteiger partial charge in [-0.15, -0.1) is 0 Å². The Morgan fingerprint density at radius 2 is 1.63 bits per heavy atom. The first-order chi connectivity index (χ1) is 17.7. The van der Waals surface area contributed by atoms with Crippen LogP contribution in [0.2, 0.25) is 0 Å². The first-order valence-corrected chi connectivity index (χ1v) is 14.0. The van der Waals surface area contributed by atoms with Gasteiger partial charge in [-0.25, -0.2) is 0 Å². The van der Waals surface area contributed by atoms with Crippen molar-refractivity contribution in [3.05, 3.63) is 54.1 Å². The van der Waals surface area contributed by atoms with Crippen LogP contribution in [0, 0.1) is 6.92 Å². The number of rotatable bonds is 8. The van der Waals surface area contributed by atoms with Gasteiger partial charge in [0.15, 0.2) is 0 Å². The molecule has 1 N–H and O–H groups in total. The quantitative estimate of drug-likeness (QED) is 0.373. The highest BCUT2D eigenvalue weighted by molar-refractivity contribution is 8.00. The van der Waals surface area contributed by atoms with Crippen LogP contribution < -0.4 is 10.2 Å². The number of piperidine rings is 1. The molecule has 5 nitrogen and oxygen atoms in total. The minimum absolute atomic E-state index is 0. The molecule has 38 heavy (non-hydrogen) atoms. The van der Waals surface area contributed by atoms with E-state index in [0.29, 0.717) is 19.5 Å². The number of carbonyl (C=O) groups excluding carboxylic acids is 1. The molecule has 2 aromatic carbocycles. The molecule has 0 aromatic heterocycles. The number of halogens is 3. The van der Waals surface area contributed by atoms with Gasteiger partial charge >= 0.3 is 5.51 Å². The number of nitrogens with zero attached hydrogens (tertiary/aromatic N) is 3. The van der Waals surface area contributed by atoms with Crippen LogP contribution in [0.5, 0.6) is 0 Å². The fraction of sp³-hybridized carbons (Fsp3) is 0.552. The topological polar surface area (TPSA) is 38.8 Å². The van der Waals surface area contributed by atoms with E-state index in [0.717, 1.165) is 64.1 Å². The van der Waals surface area contributed by atoms with Gasteiger partial charge in [0.2, 0.25) is 5.91 Å². The molecule has 2 saturated heterocycles. The zero-order chi connectivity index (χ0) is 26.3. The second-order valence-electron chi connectivity index (χ2n) is 9.99. The molecule has 0 radical (unpaired) electrons. The fourth-order valence-corrected chi connectivity index (χ4v) is 5.62. The zero-order valence-corrected chi connectivity index (χ0v) is 22.3. The van der Waals surface area contributed by atoms with Crippen LogP contribution in [0.15, 0.2) is 53.4 Å². The van der Waals surface area contributed by atoms with Crippen molar-refractivity contribution in [3.8, 4) is 0 Å². The Bertz CT molecular complexity index is 992. The van der Waals surface area contributed by atoms with Gasteiger partial charge in [-0.1, -0.05) is 25.1 Å². The number of amides is 1. The SMILES string of the molecule is C.Cc1ccc(N2CCCN(CCCC(=O)N3CCC(Nc4ccc(SC(F)(F)F)cc4)CC3)CC2)cc1. The number of anilines is 2. The van der Waals surface area contributed by atoms with E-state index in [2.05, 4.69) is 46.3 Å². The summed E-state index contributed by atoms with van der Waals surface area (Å²) in [6.07, 6.45) is 4.27. The lowest BCUT2D eigenvalue weighted by Crippen LogP contribution is -2.42. The summed E-state index contributed by atoms with van der Waals surface area (Å²) < 4.78 is 37.5. The van der Waals surface area contributed by atoms with Crippen LogP contribution in [0.1, 0.15) is 45.1 Å². The fourth-order valence-electron chi connectivity index (χ4n) is 5.08. The van der Waals surface area contributed by atoms with Gasteiger partial charge in [0.05, 0.1) is 0 Å². The molecule has 2 aliphatic heterocycles. The van der Waals surface area contributed by atoms with Crippen molar-refractivity contribution in [2.24, 2.45) is 0 Å². The molecule has 2 heterocycles. The molecular formula is C29H41F3N4OS. The molecule has 210 valence electrons. The van der Waals surface area contributed by atoms with E-state index in [-0.39, 0.29) is 36.0 Å². The molecule has 0 spiro atoms. The molecule has 0 saturated carbocycles. The van der Waals surface area contributed by atoms with E-state index in [4.69, 9.17) is 0 Å². The lowest BCUT2D eigenvalue weighted by atomic mass is 10.0. The Labute approximate surface area is 229 Å². The number of hydrogen-bond donors (Lipinski definition) is 1. The minimum Gasteiger partial charge on any atom is -0.382 e. The first-order valence-electron chi connectivity index (χ1n) is 13.2. The molecule has 2 aromatic rings. The highest BCUT2D eigenvalue weighted by Gasteiger charge is 2.29. The van der Waals surface area contributed by atoms with Crippen molar-refractivity contribution in [2.45, 2.75) is 62.9 Å². The molecule has 0 unspecified atom stereocenters.